The fourth-order valence-corrected chi connectivity index (χ4v) is 5.84. The number of rotatable bonds is 4. The van der Waals surface area contributed by atoms with Crippen LogP contribution in [0.3, 0.4) is 0 Å². The molecule has 0 aliphatic heterocycles. The summed E-state index contributed by atoms with van der Waals surface area (Å²) >= 11 is 0. The number of nitrogens with one attached hydrogen (secondary N) is 1. The highest BCUT2D eigenvalue weighted by Crippen LogP contribution is 2.55. The predicted octanol–water partition coefficient (Wildman–Crippen LogP) is 5.51. The Morgan fingerprint density at radius 1 is 1.10 bits per heavy atom. The lowest BCUT2D eigenvalue weighted by atomic mass is 9.55. The van der Waals surface area contributed by atoms with Crippen molar-refractivity contribution in [1.82, 2.24) is 20.4 Å². The highest BCUT2D eigenvalue weighted by molar-refractivity contribution is 5.74. The minimum absolute atomic E-state index is 0.0680. The largest absolute Gasteiger partial charge is 0.507 e. The number of hydrogen-bond donors (Lipinski definition) is 2. The molecule has 2 saturated carbocycles. The molecule has 2 heterocycles. The number of aromatic nitrogens is 4. The van der Waals surface area contributed by atoms with Crippen LogP contribution in [-0.2, 0) is 0 Å². The van der Waals surface area contributed by atoms with Crippen molar-refractivity contribution in [3.8, 4) is 34.0 Å². The van der Waals surface area contributed by atoms with Crippen LogP contribution in [0.15, 0.2) is 36.7 Å². The normalized spacial score (nSPS) is 27.8. The van der Waals surface area contributed by atoms with E-state index in [0.29, 0.717) is 28.0 Å². The molecular formula is C24H27FN4O2. The van der Waals surface area contributed by atoms with E-state index in [9.17, 15) is 9.50 Å². The molecule has 2 N–H and O–H groups in total. The third-order valence-electron chi connectivity index (χ3n) is 6.95. The van der Waals surface area contributed by atoms with Gasteiger partial charge < -0.3 is 9.84 Å². The van der Waals surface area contributed by atoms with Gasteiger partial charge in [0.05, 0.1) is 11.9 Å². The maximum Gasteiger partial charge on any atom is 0.233 e. The number of phenols is 1. The van der Waals surface area contributed by atoms with Gasteiger partial charge in [0.15, 0.2) is 0 Å². The second-order valence-electron chi connectivity index (χ2n) is 9.89. The van der Waals surface area contributed by atoms with E-state index < -0.39 is 5.82 Å². The van der Waals surface area contributed by atoms with Gasteiger partial charge >= 0.3 is 0 Å². The first-order chi connectivity index (χ1) is 14.8. The molecule has 0 radical (unpaired) electrons. The molecule has 5 rings (SSSR count). The second kappa shape index (κ2) is 7.32. The van der Waals surface area contributed by atoms with Gasteiger partial charge in [0.1, 0.15) is 17.7 Å². The van der Waals surface area contributed by atoms with Gasteiger partial charge in [0, 0.05) is 29.0 Å². The smallest absolute Gasteiger partial charge is 0.233 e. The number of benzene rings is 1. The predicted molar refractivity (Wildman–Crippen MR) is 115 cm³/mol. The summed E-state index contributed by atoms with van der Waals surface area (Å²) in [7, 11) is 0. The number of aromatic hydroxyl groups is 1. The molecule has 162 valence electrons. The molecule has 2 aliphatic rings. The van der Waals surface area contributed by atoms with Crippen LogP contribution in [0.25, 0.3) is 22.4 Å². The SMILES string of the molecule is C[C@]12CCC[C@](C)(C[C@@H](Oc3ccc(-c4cc(F)c(-c5cn[nH]c5)cc4O)nn3)C1)C2. The van der Waals surface area contributed by atoms with E-state index in [1.807, 2.05) is 0 Å². The van der Waals surface area contributed by atoms with Crippen molar-refractivity contribution in [1.29, 1.82) is 0 Å². The van der Waals surface area contributed by atoms with Crippen molar-refractivity contribution < 1.29 is 14.2 Å². The summed E-state index contributed by atoms with van der Waals surface area (Å²) in [6, 6.07) is 6.11. The summed E-state index contributed by atoms with van der Waals surface area (Å²) in [6.45, 7) is 4.75. The maximum absolute atomic E-state index is 14.6. The van der Waals surface area contributed by atoms with Crippen molar-refractivity contribution in [2.75, 3.05) is 0 Å². The molecule has 2 fully saturated rings. The minimum Gasteiger partial charge on any atom is -0.507 e. The molecular weight excluding hydrogens is 395 g/mol. The highest BCUT2D eigenvalue weighted by atomic mass is 19.1. The molecule has 2 aliphatic carbocycles. The molecule has 0 unspecified atom stereocenters. The van der Waals surface area contributed by atoms with Crippen LogP contribution in [-0.4, -0.2) is 31.6 Å². The van der Waals surface area contributed by atoms with Crippen LogP contribution in [0.5, 0.6) is 11.6 Å². The van der Waals surface area contributed by atoms with Gasteiger partial charge in [-0.25, -0.2) is 4.39 Å². The van der Waals surface area contributed by atoms with Gasteiger partial charge in [-0.2, -0.15) is 5.10 Å². The lowest BCUT2D eigenvalue weighted by Crippen LogP contribution is -2.45. The molecule has 2 aromatic heterocycles. The Bertz CT molecular complexity index is 1070. The van der Waals surface area contributed by atoms with Gasteiger partial charge in [-0.15, -0.1) is 10.2 Å². The number of H-pyrrole nitrogens is 1. The van der Waals surface area contributed by atoms with Crippen LogP contribution in [0.1, 0.15) is 52.4 Å². The van der Waals surface area contributed by atoms with Crippen molar-refractivity contribution in [3.63, 3.8) is 0 Å². The van der Waals surface area contributed by atoms with Gasteiger partial charge in [-0.05, 0) is 61.1 Å². The second-order valence-corrected chi connectivity index (χ2v) is 9.89. The Kier molecular flexibility index (Phi) is 4.72. The third kappa shape index (κ3) is 3.89. The zero-order valence-corrected chi connectivity index (χ0v) is 17.9. The maximum atomic E-state index is 14.6. The summed E-state index contributed by atoms with van der Waals surface area (Å²) in [5.41, 5.74) is 2.19. The first-order valence-corrected chi connectivity index (χ1v) is 10.9. The number of ether oxygens (including phenoxy) is 1. The summed E-state index contributed by atoms with van der Waals surface area (Å²) in [5.74, 6) is -0.0658. The van der Waals surface area contributed by atoms with Gasteiger partial charge in [-0.1, -0.05) is 20.3 Å². The summed E-state index contributed by atoms with van der Waals surface area (Å²) < 4.78 is 20.8. The Hall–Kier alpha value is -2.96. The van der Waals surface area contributed by atoms with Gasteiger partial charge in [0.2, 0.25) is 5.88 Å². The molecule has 2 bridgehead atoms. The third-order valence-corrected chi connectivity index (χ3v) is 6.95. The van der Waals surface area contributed by atoms with Crippen molar-refractivity contribution >= 4 is 0 Å². The zero-order valence-electron chi connectivity index (χ0n) is 17.9. The lowest BCUT2D eigenvalue weighted by molar-refractivity contribution is -0.0421. The Balaban J connectivity index is 1.34. The fourth-order valence-electron chi connectivity index (χ4n) is 5.84. The minimum atomic E-state index is -0.466. The van der Waals surface area contributed by atoms with Crippen molar-refractivity contribution in [3.05, 3.63) is 42.5 Å². The van der Waals surface area contributed by atoms with Crippen LogP contribution in [0.2, 0.25) is 0 Å². The number of aromatic amines is 1. The molecule has 3 atom stereocenters. The number of fused-ring (bicyclic) bond motifs is 2. The van der Waals surface area contributed by atoms with Crippen LogP contribution in [0.4, 0.5) is 4.39 Å². The number of nitrogens with zero attached hydrogens (tertiary/aromatic N) is 3. The van der Waals surface area contributed by atoms with E-state index in [-0.39, 0.29) is 23.0 Å². The topological polar surface area (TPSA) is 83.9 Å². The average molecular weight is 423 g/mol. The number of halogens is 1. The molecule has 7 heteroatoms. The monoisotopic (exact) mass is 422 g/mol. The molecule has 3 aromatic rings. The van der Waals surface area contributed by atoms with Crippen molar-refractivity contribution in [2.45, 2.75) is 58.5 Å². The number of hydrogen-bond acceptors (Lipinski definition) is 5. The quantitative estimate of drug-likeness (QED) is 0.579. The molecule has 0 spiro atoms. The van der Waals surface area contributed by atoms with E-state index in [2.05, 4.69) is 34.2 Å². The molecule has 6 nitrogen and oxygen atoms in total. The zero-order chi connectivity index (χ0) is 21.6. The van der Waals surface area contributed by atoms with E-state index in [0.717, 1.165) is 12.8 Å². The molecule has 31 heavy (non-hydrogen) atoms. The Morgan fingerprint density at radius 3 is 2.52 bits per heavy atom. The van der Waals surface area contributed by atoms with Crippen LogP contribution < -0.4 is 4.74 Å². The Morgan fingerprint density at radius 2 is 1.87 bits per heavy atom. The van der Waals surface area contributed by atoms with E-state index >= 15 is 0 Å². The Labute approximate surface area is 180 Å². The summed E-state index contributed by atoms with van der Waals surface area (Å²) in [6.07, 6.45) is 10.4. The fraction of sp³-hybridized carbons (Fsp3) is 0.458. The van der Waals surface area contributed by atoms with Crippen LogP contribution >= 0.6 is 0 Å². The summed E-state index contributed by atoms with van der Waals surface area (Å²) in [5, 5.41) is 25.3. The van der Waals surface area contributed by atoms with Crippen LogP contribution in [0, 0.1) is 16.6 Å². The van der Waals surface area contributed by atoms with Gasteiger partial charge in [-0.3, -0.25) is 5.10 Å². The standard InChI is InChI=1S/C24H27FN4O2/c1-23-6-3-7-24(2,14-23)11-16(10-23)31-22-5-4-20(28-29-22)18-8-19(25)17(9-21(18)30)15-12-26-27-13-15/h4-5,8-9,12-13,16,30H,3,6-7,10-11,14H2,1-2H3,(H,26,27)/t16-,23-,24+. The van der Waals surface area contributed by atoms with Gasteiger partial charge in [0.25, 0.3) is 0 Å². The average Bonchev–Trinajstić information content (AvgIpc) is 3.23. The molecule has 0 saturated heterocycles. The van der Waals surface area contributed by atoms with E-state index in [1.54, 1.807) is 18.3 Å². The van der Waals surface area contributed by atoms with E-state index in [1.165, 1.54) is 44.0 Å². The first kappa shape index (κ1) is 20.0. The molecule has 0 amide bonds. The first-order valence-electron chi connectivity index (χ1n) is 10.9. The van der Waals surface area contributed by atoms with Crippen molar-refractivity contribution in [2.24, 2.45) is 10.8 Å². The summed E-state index contributed by atoms with van der Waals surface area (Å²) in [4.78, 5) is 0. The molecule has 1 aromatic carbocycles. The number of phenolic OH excluding ortho intramolecular Hbond substituents is 1. The lowest BCUT2D eigenvalue weighted by Gasteiger charge is -2.51. The highest BCUT2D eigenvalue weighted by Gasteiger charge is 2.47. The van der Waals surface area contributed by atoms with E-state index in [4.69, 9.17) is 4.74 Å².